The Hall–Kier alpha value is -0.610. The number of amides is 1. The van der Waals surface area contributed by atoms with E-state index in [0.717, 1.165) is 32.5 Å². The highest BCUT2D eigenvalue weighted by atomic mass is 16.5. The molecule has 0 N–H and O–H groups in total. The van der Waals surface area contributed by atoms with Gasteiger partial charge in [-0.15, -0.1) is 0 Å². The maximum Gasteiger partial charge on any atom is 0.219 e. The molecule has 1 aliphatic rings. The summed E-state index contributed by atoms with van der Waals surface area (Å²) in [4.78, 5) is 13.0. The van der Waals surface area contributed by atoms with Crippen molar-refractivity contribution in [3.05, 3.63) is 0 Å². The van der Waals surface area contributed by atoms with Crippen LogP contribution in [0.25, 0.3) is 0 Å². The van der Waals surface area contributed by atoms with Crippen molar-refractivity contribution >= 4 is 5.91 Å². The summed E-state index contributed by atoms with van der Waals surface area (Å²) in [6.07, 6.45) is 2.12. The van der Waals surface area contributed by atoms with Gasteiger partial charge in [0.25, 0.3) is 0 Å². The minimum atomic E-state index is 0.189. The maximum atomic E-state index is 11.1. The molecule has 0 aromatic rings. The first kappa shape index (κ1) is 12.5. The van der Waals surface area contributed by atoms with E-state index in [4.69, 9.17) is 9.47 Å². The molecule has 0 atom stereocenters. The molecule has 1 amide bonds. The third kappa shape index (κ3) is 4.62. The second-order valence-corrected chi connectivity index (χ2v) is 4.02. The van der Waals surface area contributed by atoms with Crippen molar-refractivity contribution in [3.63, 3.8) is 0 Å². The van der Waals surface area contributed by atoms with Crippen LogP contribution < -0.4 is 0 Å². The van der Waals surface area contributed by atoms with Crippen LogP contribution in [-0.4, -0.2) is 50.8 Å². The van der Waals surface area contributed by atoms with E-state index in [2.05, 4.69) is 0 Å². The Morgan fingerprint density at radius 2 is 2.00 bits per heavy atom. The van der Waals surface area contributed by atoms with Crippen LogP contribution in [-0.2, 0) is 14.3 Å². The molecule has 1 fully saturated rings. The Balaban J connectivity index is 2.07. The molecular formula is C11H21NO3. The number of likely N-dealkylation sites (tertiary alicyclic amines) is 1. The number of piperidine rings is 1. The van der Waals surface area contributed by atoms with E-state index in [9.17, 15) is 4.79 Å². The molecule has 0 unspecified atom stereocenters. The standard InChI is InChI=1S/C11H21NO3/c1-10(13)12-5-3-11(4-6-12)9-15-8-7-14-2/h11H,3-9H2,1-2H3. The molecule has 1 aliphatic heterocycles. The third-order valence-corrected chi connectivity index (χ3v) is 2.85. The monoisotopic (exact) mass is 215 g/mol. The fourth-order valence-corrected chi connectivity index (χ4v) is 1.81. The first-order valence-electron chi connectivity index (χ1n) is 5.56. The number of nitrogens with zero attached hydrogens (tertiary/aromatic N) is 1. The Morgan fingerprint density at radius 3 is 2.53 bits per heavy atom. The largest absolute Gasteiger partial charge is 0.382 e. The van der Waals surface area contributed by atoms with E-state index < -0.39 is 0 Å². The van der Waals surface area contributed by atoms with Crippen LogP contribution in [0.1, 0.15) is 19.8 Å². The van der Waals surface area contributed by atoms with Crippen molar-refractivity contribution in [1.82, 2.24) is 4.90 Å². The molecular weight excluding hydrogens is 194 g/mol. The topological polar surface area (TPSA) is 38.8 Å². The summed E-state index contributed by atoms with van der Waals surface area (Å²) < 4.78 is 10.4. The quantitative estimate of drug-likeness (QED) is 0.640. The summed E-state index contributed by atoms with van der Waals surface area (Å²) in [5.74, 6) is 0.797. The molecule has 0 radical (unpaired) electrons. The lowest BCUT2D eigenvalue weighted by molar-refractivity contribution is -0.130. The molecule has 1 saturated heterocycles. The smallest absolute Gasteiger partial charge is 0.219 e. The summed E-state index contributed by atoms with van der Waals surface area (Å²) in [5.41, 5.74) is 0. The van der Waals surface area contributed by atoms with Crippen LogP contribution in [0.5, 0.6) is 0 Å². The zero-order valence-corrected chi connectivity index (χ0v) is 9.70. The molecule has 88 valence electrons. The van der Waals surface area contributed by atoms with Gasteiger partial charge in [-0.25, -0.2) is 0 Å². The number of methoxy groups -OCH3 is 1. The van der Waals surface area contributed by atoms with Crippen molar-refractivity contribution in [1.29, 1.82) is 0 Å². The normalized spacial score (nSPS) is 18.1. The lowest BCUT2D eigenvalue weighted by Crippen LogP contribution is -2.38. The van der Waals surface area contributed by atoms with E-state index >= 15 is 0 Å². The molecule has 0 aromatic carbocycles. The highest BCUT2D eigenvalue weighted by Gasteiger charge is 2.20. The van der Waals surface area contributed by atoms with Crippen LogP contribution >= 0.6 is 0 Å². The summed E-state index contributed by atoms with van der Waals surface area (Å²) in [5, 5.41) is 0. The fourth-order valence-electron chi connectivity index (χ4n) is 1.81. The Kier molecular flexibility index (Phi) is 5.65. The summed E-state index contributed by atoms with van der Waals surface area (Å²) in [6, 6.07) is 0. The van der Waals surface area contributed by atoms with E-state index in [1.54, 1.807) is 14.0 Å². The Labute approximate surface area is 91.5 Å². The lowest BCUT2D eigenvalue weighted by atomic mass is 9.98. The van der Waals surface area contributed by atoms with Gasteiger partial charge in [-0.05, 0) is 18.8 Å². The van der Waals surface area contributed by atoms with E-state index in [1.807, 2.05) is 4.90 Å². The molecule has 4 heteroatoms. The first-order chi connectivity index (χ1) is 7.24. The van der Waals surface area contributed by atoms with Gasteiger partial charge in [-0.2, -0.15) is 0 Å². The lowest BCUT2D eigenvalue weighted by Gasteiger charge is -2.31. The van der Waals surface area contributed by atoms with Crippen molar-refractivity contribution in [3.8, 4) is 0 Å². The van der Waals surface area contributed by atoms with Crippen LogP contribution in [0.3, 0.4) is 0 Å². The summed E-state index contributed by atoms with van der Waals surface area (Å²) in [7, 11) is 1.68. The van der Waals surface area contributed by atoms with Gasteiger partial charge in [0.2, 0.25) is 5.91 Å². The number of rotatable bonds is 5. The summed E-state index contributed by atoms with van der Waals surface area (Å²) in [6.45, 7) is 5.53. The van der Waals surface area contributed by atoms with Gasteiger partial charge >= 0.3 is 0 Å². The Bertz CT molecular complexity index is 188. The molecule has 1 rings (SSSR count). The molecule has 15 heavy (non-hydrogen) atoms. The van der Waals surface area contributed by atoms with E-state index in [-0.39, 0.29) is 5.91 Å². The van der Waals surface area contributed by atoms with Crippen LogP contribution in [0.15, 0.2) is 0 Å². The van der Waals surface area contributed by atoms with Crippen molar-refractivity contribution in [2.75, 3.05) is 40.0 Å². The predicted octanol–water partition coefficient (Wildman–Crippen LogP) is 0.908. The minimum absolute atomic E-state index is 0.189. The number of carbonyl (C=O) groups is 1. The molecule has 0 bridgehead atoms. The van der Waals surface area contributed by atoms with Crippen molar-refractivity contribution in [2.45, 2.75) is 19.8 Å². The van der Waals surface area contributed by atoms with E-state index in [1.165, 1.54) is 0 Å². The fraction of sp³-hybridized carbons (Fsp3) is 0.909. The van der Waals surface area contributed by atoms with Crippen LogP contribution in [0, 0.1) is 5.92 Å². The van der Waals surface area contributed by atoms with Gasteiger partial charge in [0.05, 0.1) is 13.2 Å². The number of ether oxygens (including phenoxy) is 2. The second kappa shape index (κ2) is 6.80. The predicted molar refractivity (Wildman–Crippen MR) is 57.7 cm³/mol. The second-order valence-electron chi connectivity index (χ2n) is 4.02. The number of hydrogen-bond acceptors (Lipinski definition) is 3. The minimum Gasteiger partial charge on any atom is -0.382 e. The molecule has 0 aliphatic carbocycles. The first-order valence-corrected chi connectivity index (χ1v) is 5.56. The highest BCUT2D eigenvalue weighted by Crippen LogP contribution is 2.17. The highest BCUT2D eigenvalue weighted by molar-refractivity contribution is 5.73. The number of carbonyl (C=O) groups excluding carboxylic acids is 1. The van der Waals surface area contributed by atoms with Crippen LogP contribution in [0.4, 0.5) is 0 Å². The third-order valence-electron chi connectivity index (χ3n) is 2.85. The van der Waals surface area contributed by atoms with Gasteiger partial charge in [-0.3, -0.25) is 4.79 Å². The number of hydrogen-bond donors (Lipinski definition) is 0. The SMILES string of the molecule is COCCOCC1CCN(C(C)=O)CC1. The van der Waals surface area contributed by atoms with Gasteiger partial charge in [0.1, 0.15) is 0 Å². The zero-order valence-electron chi connectivity index (χ0n) is 9.70. The molecule has 0 saturated carbocycles. The van der Waals surface area contributed by atoms with Crippen LogP contribution in [0.2, 0.25) is 0 Å². The molecule has 0 spiro atoms. The zero-order chi connectivity index (χ0) is 11.1. The average molecular weight is 215 g/mol. The molecule has 1 heterocycles. The van der Waals surface area contributed by atoms with Crippen molar-refractivity contribution in [2.24, 2.45) is 5.92 Å². The average Bonchev–Trinajstić information content (AvgIpc) is 2.25. The van der Waals surface area contributed by atoms with Gasteiger partial charge in [-0.1, -0.05) is 0 Å². The molecule has 4 nitrogen and oxygen atoms in total. The van der Waals surface area contributed by atoms with Gasteiger partial charge < -0.3 is 14.4 Å². The van der Waals surface area contributed by atoms with Gasteiger partial charge in [0.15, 0.2) is 0 Å². The Morgan fingerprint density at radius 1 is 1.33 bits per heavy atom. The molecule has 0 aromatic heterocycles. The van der Waals surface area contributed by atoms with E-state index in [0.29, 0.717) is 19.1 Å². The van der Waals surface area contributed by atoms with Gasteiger partial charge in [0, 0.05) is 33.7 Å². The van der Waals surface area contributed by atoms with Crippen molar-refractivity contribution < 1.29 is 14.3 Å². The summed E-state index contributed by atoms with van der Waals surface area (Å²) >= 11 is 0. The maximum absolute atomic E-state index is 11.1.